The van der Waals surface area contributed by atoms with Crippen molar-refractivity contribution in [1.29, 1.82) is 0 Å². The minimum Gasteiger partial charge on any atom is -0.326 e. The molecular formula is C11H18N2O2S. The van der Waals surface area contributed by atoms with Crippen molar-refractivity contribution in [3.63, 3.8) is 0 Å². The first-order valence-electron chi connectivity index (χ1n) is 5.18. The number of rotatable bonds is 4. The van der Waals surface area contributed by atoms with Gasteiger partial charge in [-0.2, -0.15) is 0 Å². The van der Waals surface area contributed by atoms with Crippen molar-refractivity contribution >= 4 is 10.0 Å². The van der Waals surface area contributed by atoms with E-state index in [0.717, 1.165) is 11.1 Å². The molecule has 1 aromatic carbocycles. The van der Waals surface area contributed by atoms with E-state index in [1.165, 1.54) is 0 Å². The molecule has 0 unspecified atom stereocenters. The standard InChI is InChI=1S/C11H18N2O2S/c1-8(2)13-16(14,15)11-5-4-9(3)10(6-11)7-12/h4-6,8,13H,7,12H2,1-3H3. The maximum atomic E-state index is 11.9. The van der Waals surface area contributed by atoms with Crippen molar-refractivity contribution in [3.8, 4) is 0 Å². The Morgan fingerprint density at radius 3 is 2.50 bits per heavy atom. The maximum Gasteiger partial charge on any atom is 0.240 e. The van der Waals surface area contributed by atoms with E-state index in [2.05, 4.69) is 4.72 Å². The average molecular weight is 242 g/mol. The first-order valence-corrected chi connectivity index (χ1v) is 6.67. The number of hydrogen-bond donors (Lipinski definition) is 2. The van der Waals surface area contributed by atoms with E-state index in [9.17, 15) is 8.42 Å². The molecule has 16 heavy (non-hydrogen) atoms. The van der Waals surface area contributed by atoms with Gasteiger partial charge in [0.1, 0.15) is 0 Å². The van der Waals surface area contributed by atoms with Gasteiger partial charge in [-0.25, -0.2) is 13.1 Å². The van der Waals surface area contributed by atoms with Crippen molar-refractivity contribution in [1.82, 2.24) is 4.72 Å². The Balaban J connectivity index is 3.14. The van der Waals surface area contributed by atoms with Crippen LogP contribution in [0.15, 0.2) is 23.1 Å². The smallest absolute Gasteiger partial charge is 0.240 e. The van der Waals surface area contributed by atoms with Gasteiger partial charge in [-0.1, -0.05) is 6.07 Å². The predicted molar refractivity (Wildman–Crippen MR) is 64.5 cm³/mol. The van der Waals surface area contributed by atoms with E-state index in [0.29, 0.717) is 6.54 Å². The Labute approximate surface area is 96.9 Å². The van der Waals surface area contributed by atoms with Crippen LogP contribution >= 0.6 is 0 Å². The van der Waals surface area contributed by atoms with E-state index < -0.39 is 10.0 Å². The summed E-state index contributed by atoms with van der Waals surface area (Å²) in [5.41, 5.74) is 7.41. The average Bonchev–Trinajstić information content (AvgIpc) is 2.16. The Morgan fingerprint density at radius 1 is 1.38 bits per heavy atom. The summed E-state index contributed by atoms with van der Waals surface area (Å²) in [5, 5.41) is 0. The lowest BCUT2D eigenvalue weighted by Crippen LogP contribution is -2.30. The molecule has 0 bridgehead atoms. The summed E-state index contributed by atoms with van der Waals surface area (Å²) >= 11 is 0. The SMILES string of the molecule is Cc1ccc(S(=O)(=O)NC(C)C)cc1CN. The van der Waals surface area contributed by atoms with Gasteiger partial charge in [0.25, 0.3) is 0 Å². The topological polar surface area (TPSA) is 72.2 Å². The van der Waals surface area contributed by atoms with Gasteiger partial charge >= 0.3 is 0 Å². The van der Waals surface area contributed by atoms with Crippen LogP contribution in [0.3, 0.4) is 0 Å². The molecule has 90 valence electrons. The van der Waals surface area contributed by atoms with Crippen molar-refractivity contribution in [2.24, 2.45) is 5.73 Å². The lowest BCUT2D eigenvalue weighted by molar-refractivity contribution is 0.569. The molecule has 1 aromatic rings. The number of sulfonamides is 1. The molecule has 0 aromatic heterocycles. The molecule has 0 atom stereocenters. The lowest BCUT2D eigenvalue weighted by Gasteiger charge is -2.11. The lowest BCUT2D eigenvalue weighted by atomic mass is 10.1. The van der Waals surface area contributed by atoms with Crippen molar-refractivity contribution in [3.05, 3.63) is 29.3 Å². The highest BCUT2D eigenvalue weighted by Crippen LogP contribution is 2.15. The van der Waals surface area contributed by atoms with Gasteiger partial charge in [0.05, 0.1) is 4.90 Å². The van der Waals surface area contributed by atoms with Crippen molar-refractivity contribution in [2.75, 3.05) is 0 Å². The summed E-state index contributed by atoms with van der Waals surface area (Å²) in [4.78, 5) is 0.271. The number of aryl methyl sites for hydroxylation is 1. The highest BCUT2D eigenvalue weighted by Gasteiger charge is 2.15. The van der Waals surface area contributed by atoms with Gasteiger partial charge < -0.3 is 5.73 Å². The third-order valence-corrected chi connectivity index (χ3v) is 3.90. The molecule has 0 saturated heterocycles. The van der Waals surface area contributed by atoms with Gasteiger partial charge in [-0.3, -0.25) is 0 Å². The van der Waals surface area contributed by atoms with Crippen LogP contribution in [-0.2, 0) is 16.6 Å². The number of benzene rings is 1. The first-order chi connectivity index (χ1) is 7.36. The van der Waals surface area contributed by atoms with Gasteiger partial charge in [0.15, 0.2) is 0 Å². The second-order valence-electron chi connectivity index (χ2n) is 4.07. The Hall–Kier alpha value is -0.910. The van der Waals surface area contributed by atoms with E-state index in [4.69, 9.17) is 5.73 Å². The van der Waals surface area contributed by atoms with Gasteiger partial charge in [0.2, 0.25) is 10.0 Å². The summed E-state index contributed by atoms with van der Waals surface area (Å²) in [7, 11) is -3.41. The van der Waals surface area contributed by atoms with Crippen LogP contribution in [0.1, 0.15) is 25.0 Å². The molecule has 0 saturated carbocycles. The Kier molecular flexibility index (Phi) is 4.07. The molecule has 0 aliphatic rings. The monoisotopic (exact) mass is 242 g/mol. The Bertz CT molecular complexity index is 467. The van der Waals surface area contributed by atoms with E-state index in [1.54, 1.807) is 32.0 Å². The fourth-order valence-electron chi connectivity index (χ4n) is 1.41. The minimum absolute atomic E-state index is 0.118. The molecule has 3 N–H and O–H groups in total. The van der Waals surface area contributed by atoms with Crippen molar-refractivity contribution in [2.45, 2.75) is 38.3 Å². The largest absolute Gasteiger partial charge is 0.326 e. The highest BCUT2D eigenvalue weighted by atomic mass is 32.2. The van der Waals surface area contributed by atoms with Crippen LogP contribution in [0.2, 0.25) is 0 Å². The zero-order chi connectivity index (χ0) is 12.3. The summed E-state index contributed by atoms with van der Waals surface area (Å²) in [5.74, 6) is 0. The van der Waals surface area contributed by atoms with Gasteiger partial charge in [-0.05, 0) is 44.0 Å². The summed E-state index contributed by atoms with van der Waals surface area (Å²) in [6.45, 7) is 5.83. The summed E-state index contributed by atoms with van der Waals surface area (Å²) < 4.78 is 26.3. The second kappa shape index (κ2) is 4.95. The van der Waals surface area contributed by atoms with Gasteiger partial charge in [0, 0.05) is 12.6 Å². The van der Waals surface area contributed by atoms with Crippen LogP contribution in [0.4, 0.5) is 0 Å². The third-order valence-electron chi connectivity index (χ3n) is 2.24. The third kappa shape index (κ3) is 3.04. The fourth-order valence-corrected chi connectivity index (χ4v) is 2.71. The second-order valence-corrected chi connectivity index (χ2v) is 5.78. The molecule has 1 rings (SSSR count). The van der Waals surface area contributed by atoms with E-state index in [-0.39, 0.29) is 10.9 Å². The molecule has 4 nitrogen and oxygen atoms in total. The zero-order valence-corrected chi connectivity index (χ0v) is 10.6. The van der Waals surface area contributed by atoms with E-state index >= 15 is 0 Å². The zero-order valence-electron chi connectivity index (χ0n) is 9.82. The molecule has 0 aliphatic carbocycles. The predicted octanol–water partition coefficient (Wildman–Crippen LogP) is 1.14. The van der Waals surface area contributed by atoms with Crippen LogP contribution in [0.25, 0.3) is 0 Å². The molecular weight excluding hydrogens is 224 g/mol. The molecule has 5 heteroatoms. The molecule has 0 aliphatic heterocycles. The van der Waals surface area contributed by atoms with Crippen LogP contribution in [-0.4, -0.2) is 14.5 Å². The summed E-state index contributed by atoms with van der Waals surface area (Å²) in [6.07, 6.45) is 0. The quantitative estimate of drug-likeness (QED) is 0.831. The number of nitrogens with one attached hydrogen (secondary N) is 1. The number of nitrogens with two attached hydrogens (primary N) is 1. The van der Waals surface area contributed by atoms with Crippen LogP contribution in [0.5, 0.6) is 0 Å². The van der Waals surface area contributed by atoms with Crippen LogP contribution < -0.4 is 10.5 Å². The summed E-state index contributed by atoms with van der Waals surface area (Å²) in [6, 6.07) is 4.88. The maximum absolute atomic E-state index is 11.9. The number of hydrogen-bond acceptors (Lipinski definition) is 3. The first kappa shape index (κ1) is 13.2. The molecule has 0 fully saturated rings. The highest BCUT2D eigenvalue weighted by molar-refractivity contribution is 7.89. The van der Waals surface area contributed by atoms with Crippen molar-refractivity contribution < 1.29 is 8.42 Å². The minimum atomic E-state index is -3.41. The normalized spacial score (nSPS) is 12.1. The molecule has 0 amide bonds. The molecule has 0 heterocycles. The Morgan fingerprint density at radius 2 is 2.00 bits per heavy atom. The molecule has 0 spiro atoms. The fraction of sp³-hybridized carbons (Fsp3) is 0.455. The van der Waals surface area contributed by atoms with Gasteiger partial charge in [-0.15, -0.1) is 0 Å². The van der Waals surface area contributed by atoms with Crippen LogP contribution in [0, 0.1) is 6.92 Å². The van der Waals surface area contributed by atoms with E-state index in [1.807, 2.05) is 6.92 Å². The molecule has 0 radical (unpaired) electrons.